The first kappa shape index (κ1) is 34.0. The van der Waals surface area contributed by atoms with Gasteiger partial charge in [-0.2, -0.15) is 5.26 Å². The smallest absolute Gasteiger partial charge is 0.200 e. The summed E-state index contributed by atoms with van der Waals surface area (Å²) >= 11 is 0. The molecule has 0 saturated carbocycles. The zero-order valence-electron chi connectivity index (χ0n) is 29.7. The fraction of sp³-hybridized carbons (Fsp3) is 0. The van der Waals surface area contributed by atoms with Crippen molar-refractivity contribution in [2.45, 2.75) is 0 Å². The molecular formula is C49H26F5N3. The zero-order chi connectivity index (χ0) is 38.9. The Labute approximate surface area is 322 Å². The van der Waals surface area contributed by atoms with Crippen molar-refractivity contribution in [3.63, 3.8) is 0 Å². The summed E-state index contributed by atoms with van der Waals surface area (Å²) < 4.78 is 79.7. The van der Waals surface area contributed by atoms with Crippen LogP contribution >= 0.6 is 0 Å². The van der Waals surface area contributed by atoms with Crippen LogP contribution in [0.5, 0.6) is 0 Å². The summed E-state index contributed by atoms with van der Waals surface area (Å²) in [6, 6.07) is 51.6. The van der Waals surface area contributed by atoms with Gasteiger partial charge in [-0.05, 0) is 76.3 Å². The highest BCUT2D eigenvalue weighted by Gasteiger charge is 2.29. The van der Waals surface area contributed by atoms with Gasteiger partial charge in [-0.1, -0.05) is 109 Å². The molecule has 272 valence electrons. The Morgan fingerprint density at radius 3 is 1.18 bits per heavy atom. The Hall–Kier alpha value is -7.50. The molecule has 8 aromatic carbocycles. The summed E-state index contributed by atoms with van der Waals surface area (Å²) in [7, 11) is 0. The van der Waals surface area contributed by atoms with Crippen molar-refractivity contribution in [2.75, 3.05) is 0 Å². The molecule has 0 saturated heterocycles. The number of fused-ring (bicyclic) bond motifs is 6. The summed E-state index contributed by atoms with van der Waals surface area (Å²) in [5.41, 5.74) is 5.66. The average molecular weight is 752 g/mol. The van der Waals surface area contributed by atoms with Gasteiger partial charge in [0.2, 0.25) is 5.82 Å². The van der Waals surface area contributed by atoms with E-state index < -0.39 is 34.6 Å². The highest BCUT2D eigenvalue weighted by Crippen LogP contribution is 2.43. The summed E-state index contributed by atoms with van der Waals surface area (Å²) in [4.78, 5) is 0. The maximum absolute atomic E-state index is 15.8. The highest BCUT2D eigenvalue weighted by atomic mass is 19.2. The van der Waals surface area contributed by atoms with Gasteiger partial charge in [0, 0.05) is 21.5 Å². The molecule has 10 aromatic rings. The molecule has 0 N–H and O–H groups in total. The Bertz CT molecular complexity index is 3100. The summed E-state index contributed by atoms with van der Waals surface area (Å²) in [5.74, 6) is -10.3. The molecule has 10 rings (SSSR count). The van der Waals surface area contributed by atoms with E-state index in [1.54, 1.807) is 0 Å². The number of benzene rings is 8. The highest BCUT2D eigenvalue weighted by molar-refractivity contribution is 6.12. The van der Waals surface area contributed by atoms with Crippen molar-refractivity contribution in [1.29, 1.82) is 5.26 Å². The second-order valence-electron chi connectivity index (χ2n) is 13.8. The fourth-order valence-electron chi connectivity index (χ4n) is 8.17. The SMILES string of the molecule is N#Cc1c(-n2c3ccccc3c3cc(-c4ccccc4)ccc32)cc(-c2c(F)c(F)c(F)c(F)c2F)cc1-n1c2ccccc2c2cc(-c3ccccc3)ccc21. The first-order chi connectivity index (χ1) is 27.8. The third kappa shape index (κ3) is 5.16. The van der Waals surface area contributed by atoms with Gasteiger partial charge in [0.1, 0.15) is 11.6 Å². The minimum atomic E-state index is -2.25. The molecule has 2 heterocycles. The Morgan fingerprint density at radius 2 is 0.737 bits per heavy atom. The van der Waals surface area contributed by atoms with Gasteiger partial charge in [0.25, 0.3) is 0 Å². The van der Waals surface area contributed by atoms with E-state index in [1.807, 2.05) is 155 Å². The van der Waals surface area contributed by atoms with Crippen molar-refractivity contribution < 1.29 is 22.0 Å². The predicted octanol–water partition coefficient (Wildman–Crippen LogP) is 13.4. The molecular weight excluding hydrogens is 726 g/mol. The van der Waals surface area contributed by atoms with Gasteiger partial charge in [-0.15, -0.1) is 0 Å². The minimum absolute atomic E-state index is 0.118. The second kappa shape index (κ2) is 13.1. The first-order valence-electron chi connectivity index (χ1n) is 18.1. The number of para-hydroxylation sites is 2. The molecule has 8 heteroatoms. The molecule has 2 aromatic heterocycles. The predicted molar refractivity (Wildman–Crippen MR) is 216 cm³/mol. The van der Waals surface area contributed by atoms with Crippen LogP contribution < -0.4 is 0 Å². The third-order valence-corrected chi connectivity index (χ3v) is 10.7. The van der Waals surface area contributed by atoms with Crippen LogP contribution in [-0.4, -0.2) is 9.13 Å². The van der Waals surface area contributed by atoms with E-state index in [0.29, 0.717) is 22.1 Å². The van der Waals surface area contributed by atoms with Gasteiger partial charge < -0.3 is 9.13 Å². The normalized spacial score (nSPS) is 11.6. The molecule has 0 amide bonds. The molecule has 0 aliphatic carbocycles. The lowest BCUT2D eigenvalue weighted by Gasteiger charge is -2.19. The van der Waals surface area contributed by atoms with Crippen LogP contribution in [0.2, 0.25) is 0 Å². The van der Waals surface area contributed by atoms with Crippen molar-refractivity contribution in [1.82, 2.24) is 9.13 Å². The number of hydrogen-bond donors (Lipinski definition) is 0. The largest absolute Gasteiger partial charge is 0.308 e. The van der Waals surface area contributed by atoms with Crippen molar-refractivity contribution in [3.05, 3.63) is 192 Å². The van der Waals surface area contributed by atoms with Crippen LogP contribution in [0.25, 0.3) is 88.4 Å². The topological polar surface area (TPSA) is 33.6 Å². The van der Waals surface area contributed by atoms with E-state index in [1.165, 1.54) is 12.1 Å². The molecule has 0 aliphatic rings. The van der Waals surface area contributed by atoms with E-state index in [-0.39, 0.29) is 22.5 Å². The Kier molecular flexibility index (Phi) is 7.80. The summed E-state index contributed by atoms with van der Waals surface area (Å²) in [6.07, 6.45) is 0. The lowest BCUT2D eigenvalue weighted by molar-refractivity contribution is 0.381. The Balaban J connectivity index is 1.34. The van der Waals surface area contributed by atoms with Crippen LogP contribution in [-0.2, 0) is 0 Å². The maximum atomic E-state index is 15.8. The van der Waals surface area contributed by atoms with Gasteiger partial charge in [0.05, 0.1) is 39.0 Å². The number of rotatable bonds is 5. The monoisotopic (exact) mass is 751 g/mol. The van der Waals surface area contributed by atoms with Crippen LogP contribution in [0.1, 0.15) is 5.56 Å². The van der Waals surface area contributed by atoms with Gasteiger partial charge in [-0.3, -0.25) is 0 Å². The van der Waals surface area contributed by atoms with Crippen molar-refractivity contribution >= 4 is 43.6 Å². The van der Waals surface area contributed by atoms with E-state index in [9.17, 15) is 18.4 Å². The van der Waals surface area contributed by atoms with Crippen molar-refractivity contribution in [2.24, 2.45) is 0 Å². The minimum Gasteiger partial charge on any atom is -0.308 e. The quantitative estimate of drug-likeness (QED) is 0.0979. The number of nitriles is 1. The molecule has 0 radical (unpaired) electrons. The molecule has 0 unspecified atom stereocenters. The van der Waals surface area contributed by atoms with E-state index in [0.717, 1.165) is 43.8 Å². The molecule has 0 spiro atoms. The molecule has 0 aliphatic heterocycles. The number of nitrogens with zero attached hydrogens (tertiary/aromatic N) is 3. The lowest BCUT2D eigenvalue weighted by Crippen LogP contribution is -2.08. The van der Waals surface area contributed by atoms with Gasteiger partial charge in [0.15, 0.2) is 23.3 Å². The van der Waals surface area contributed by atoms with E-state index in [4.69, 9.17) is 0 Å². The molecule has 0 bridgehead atoms. The summed E-state index contributed by atoms with van der Waals surface area (Å²) in [6.45, 7) is 0. The first-order valence-corrected chi connectivity index (χ1v) is 18.1. The van der Waals surface area contributed by atoms with Gasteiger partial charge in [-0.25, -0.2) is 22.0 Å². The zero-order valence-corrected chi connectivity index (χ0v) is 29.7. The molecule has 0 fully saturated rings. The molecule has 57 heavy (non-hydrogen) atoms. The maximum Gasteiger partial charge on any atom is 0.200 e. The van der Waals surface area contributed by atoms with Crippen LogP contribution in [0, 0.1) is 40.4 Å². The molecule has 3 nitrogen and oxygen atoms in total. The fourth-order valence-corrected chi connectivity index (χ4v) is 8.17. The number of aromatic nitrogens is 2. The van der Waals surface area contributed by atoms with Crippen LogP contribution in [0.4, 0.5) is 22.0 Å². The van der Waals surface area contributed by atoms with Crippen LogP contribution in [0.15, 0.2) is 158 Å². The second-order valence-corrected chi connectivity index (χ2v) is 13.8. The summed E-state index contributed by atoms with van der Waals surface area (Å²) in [5, 5.41) is 14.5. The standard InChI is InChI=1S/C49H26F5N3/c50-45-44(46(51)48(53)49(54)47(45)52)32-25-42(56-38-17-9-7-15-33(38)35-23-30(19-21-40(35)56)28-11-3-1-4-12-28)37(27-55)43(26-32)57-39-18-10-8-16-34(39)36-24-31(20-22-41(36)57)29-13-5-2-6-14-29/h1-26H. The molecule has 0 atom stereocenters. The van der Waals surface area contributed by atoms with Gasteiger partial charge >= 0.3 is 0 Å². The number of hydrogen-bond acceptors (Lipinski definition) is 1. The van der Waals surface area contributed by atoms with E-state index >= 15 is 8.78 Å². The van der Waals surface area contributed by atoms with E-state index in [2.05, 4.69) is 6.07 Å². The van der Waals surface area contributed by atoms with Crippen LogP contribution in [0.3, 0.4) is 0 Å². The third-order valence-electron chi connectivity index (χ3n) is 10.7. The average Bonchev–Trinajstić information content (AvgIpc) is 3.77. The Morgan fingerprint density at radius 1 is 0.351 bits per heavy atom. The number of halogens is 5. The lowest BCUT2D eigenvalue weighted by atomic mass is 9.98. The van der Waals surface area contributed by atoms with Crippen molar-refractivity contribution in [3.8, 4) is 50.8 Å².